The molecular weight excluding hydrogens is 295 g/mol. The largest absolute Gasteiger partial charge is 0.344 e. The standard InChI is InChI=1S/C18H17FN2O2/c1-12-10-14-4-2-3-5-16(14)21(12)18(23)17(22)20-11-13-6-8-15(19)9-7-13/h2-9,12H,10-11H2,1H3,(H,20,22). The predicted molar refractivity (Wildman–Crippen MR) is 85.3 cm³/mol. The number of hydrogen-bond donors (Lipinski definition) is 1. The van der Waals surface area contributed by atoms with Gasteiger partial charge in [0.2, 0.25) is 0 Å². The Bertz CT molecular complexity index is 743. The van der Waals surface area contributed by atoms with Gasteiger partial charge in [-0.2, -0.15) is 0 Å². The van der Waals surface area contributed by atoms with Gasteiger partial charge in [-0.05, 0) is 42.7 Å². The van der Waals surface area contributed by atoms with Crippen LogP contribution in [0.1, 0.15) is 18.1 Å². The Kier molecular flexibility index (Phi) is 4.10. The number of nitrogens with zero attached hydrogens (tertiary/aromatic N) is 1. The van der Waals surface area contributed by atoms with Crippen LogP contribution in [0.5, 0.6) is 0 Å². The highest BCUT2D eigenvalue weighted by Crippen LogP contribution is 2.31. The normalized spacial score (nSPS) is 16.1. The monoisotopic (exact) mass is 312 g/mol. The average Bonchev–Trinajstić information content (AvgIpc) is 2.89. The molecule has 1 atom stereocenters. The summed E-state index contributed by atoms with van der Waals surface area (Å²) in [4.78, 5) is 26.1. The van der Waals surface area contributed by atoms with Crippen LogP contribution in [0.4, 0.5) is 10.1 Å². The van der Waals surface area contributed by atoms with Crippen LogP contribution < -0.4 is 10.2 Å². The second-order valence-electron chi connectivity index (χ2n) is 5.67. The maximum atomic E-state index is 12.9. The summed E-state index contributed by atoms with van der Waals surface area (Å²) in [6.07, 6.45) is 0.743. The van der Waals surface area contributed by atoms with Crippen LogP contribution in [0.25, 0.3) is 0 Å². The third-order valence-corrected chi connectivity index (χ3v) is 3.99. The minimum Gasteiger partial charge on any atom is -0.344 e. The summed E-state index contributed by atoms with van der Waals surface area (Å²) >= 11 is 0. The second-order valence-corrected chi connectivity index (χ2v) is 5.67. The van der Waals surface area contributed by atoms with Gasteiger partial charge in [-0.15, -0.1) is 0 Å². The van der Waals surface area contributed by atoms with E-state index in [0.29, 0.717) is 0 Å². The van der Waals surface area contributed by atoms with Crippen molar-refractivity contribution in [2.75, 3.05) is 4.90 Å². The lowest BCUT2D eigenvalue weighted by Crippen LogP contribution is -2.45. The van der Waals surface area contributed by atoms with E-state index in [4.69, 9.17) is 0 Å². The van der Waals surface area contributed by atoms with Crippen LogP contribution in [0.15, 0.2) is 48.5 Å². The number of hydrogen-bond acceptors (Lipinski definition) is 2. The van der Waals surface area contributed by atoms with E-state index >= 15 is 0 Å². The molecule has 23 heavy (non-hydrogen) atoms. The van der Waals surface area contributed by atoms with E-state index in [1.165, 1.54) is 17.0 Å². The smallest absolute Gasteiger partial charge is 0.316 e. The topological polar surface area (TPSA) is 49.4 Å². The van der Waals surface area contributed by atoms with Gasteiger partial charge in [0.1, 0.15) is 5.82 Å². The number of benzene rings is 2. The van der Waals surface area contributed by atoms with Crippen LogP contribution >= 0.6 is 0 Å². The van der Waals surface area contributed by atoms with Crippen molar-refractivity contribution in [3.63, 3.8) is 0 Å². The first-order valence-corrected chi connectivity index (χ1v) is 7.50. The van der Waals surface area contributed by atoms with Crippen molar-refractivity contribution in [2.24, 2.45) is 0 Å². The van der Waals surface area contributed by atoms with E-state index in [0.717, 1.165) is 23.2 Å². The van der Waals surface area contributed by atoms with Crippen molar-refractivity contribution in [1.82, 2.24) is 5.32 Å². The number of nitrogens with one attached hydrogen (secondary N) is 1. The summed E-state index contributed by atoms with van der Waals surface area (Å²) in [5.74, 6) is -1.55. The molecule has 118 valence electrons. The summed E-state index contributed by atoms with van der Waals surface area (Å²) in [6, 6.07) is 13.4. The molecule has 0 bridgehead atoms. The van der Waals surface area contributed by atoms with Crippen molar-refractivity contribution >= 4 is 17.5 Å². The van der Waals surface area contributed by atoms with Crippen molar-refractivity contribution in [2.45, 2.75) is 25.9 Å². The number of para-hydroxylation sites is 1. The fourth-order valence-corrected chi connectivity index (χ4v) is 2.84. The molecule has 4 nitrogen and oxygen atoms in total. The Morgan fingerprint density at radius 3 is 2.61 bits per heavy atom. The Morgan fingerprint density at radius 2 is 1.87 bits per heavy atom. The number of carbonyl (C=O) groups is 2. The van der Waals surface area contributed by atoms with Crippen LogP contribution in [0.3, 0.4) is 0 Å². The maximum absolute atomic E-state index is 12.9. The third kappa shape index (κ3) is 3.08. The van der Waals surface area contributed by atoms with Crippen molar-refractivity contribution in [3.05, 3.63) is 65.5 Å². The molecule has 0 aromatic heterocycles. The Labute approximate surface area is 133 Å². The van der Waals surface area contributed by atoms with Gasteiger partial charge in [0.05, 0.1) is 0 Å². The first kappa shape index (κ1) is 15.2. The average molecular weight is 312 g/mol. The van der Waals surface area contributed by atoms with Gasteiger partial charge in [0.15, 0.2) is 0 Å². The second kappa shape index (κ2) is 6.20. The van der Waals surface area contributed by atoms with E-state index in [-0.39, 0.29) is 18.4 Å². The molecule has 5 heteroatoms. The number of fused-ring (bicyclic) bond motifs is 1. The van der Waals surface area contributed by atoms with Gasteiger partial charge in [-0.3, -0.25) is 9.59 Å². The lowest BCUT2D eigenvalue weighted by atomic mass is 10.1. The van der Waals surface area contributed by atoms with Gasteiger partial charge < -0.3 is 10.2 Å². The van der Waals surface area contributed by atoms with E-state index in [1.807, 2.05) is 31.2 Å². The quantitative estimate of drug-likeness (QED) is 0.866. The van der Waals surface area contributed by atoms with E-state index in [9.17, 15) is 14.0 Å². The van der Waals surface area contributed by atoms with Gasteiger partial charge in [-0.25, -0.2) is 4.39 Å². The molecule has 2 aromatic rings. The summed E-state index contributed by atoms with van der Waals surface area (Å²) in [5.41, 5.74) is 2.60. The van der Waals surface area contributed by atoms with E-state index in [2.05, 4.69) is 5.32 Å². The van der Waals surface area contributed by atoms with Crippen LogP contribution in [0.2, 0.25) is 0 Å². The number of halogens is 1. The highest BCUT2D eigenvalue weighted by atomic mass is 19.1. The molecule has 1 aliphatic rings. The number of carbonyl (C=O) groups excluding carboxylic acids is 2. The van der Waals surface area contributed by atoms with Gasteiger partial charge in [0, 0.05) is 18.3 Å². The van der Waals surface area contributed by atoms with Crippen molar-refractivity contribution in [1.29, 1.82) is 0 Å². The number of rotatable bonds is 2. The summed E-state index contributed by atoms with van der Waals surface area (Å²) in [5, 5.41) is 2.59. The fraction of sp³-hybridized carbons (Fsp3) is 0.222. The molecule has 1 N–H and O–H groups in total. The maximum Gasteiger partial charge on any atom is 0.316 e. The van der Waals surface area contributed by atoms with Crippen molar-refractivity contribution in [3.8, 4) is 0 Å². The van der Waals surface area contributed by atoms with Crippen molar-refractivity contribution < 1.29 is 14.0 Å². The highest BCUT2D eigenvalue weighted by molar-refractivity contribution is 6.40. The molecule has 0 aliphatic carbocycles. The lowest BCUT2D eigenvalue weighted by Gasteiger charge is -2.22. The minimum absolute atomic E-state index is 0.0449. The van der Waals surface area contributed by atoms with E-state index < -0.39 is 11.8 Å². The van der Waals surface area contributed by atoms with Crippen LogP contribution in [-0.2, 0) is 22.6 Å². The number of anilines is 1. The highest BCUT2D eigenvalue weighted by Gasteiger charge is 2.33. The third-order valence-electron chi connectivity index (χ3n) is 3.99. The zero-order chi connectivity index (χ0) is 16.4. The van der Waals surface area contributed by atoms with Gasteiger partial charge >= 0.3 is 11.8 Å². The molecule has 1 heterocycles. The fourth-order valence-electron chi connectivity index (χ4n) is 2.84. The summed E-state index contributed by atoms with van der Waals surface area (Å²) in [7, 11) is 0. The first-order chi connectivity index (χ1) is 11.1. The molecule has 2 amide bonds. The molecular formula is C18H17FN2O2. The van der Waals surface area contributed by atoms with Gasteiger partial charge in [0.25, 0.3) is 0 Å². The number of amides is 2. The zero-order valence-corrected chi connectivity index (χ0v) is 12.8. The predicted octanol–water partition coefficient (Wildman–Crippen LogP) is 2.42. The molecule has 2 aromatic carbocycles. The van der Waals surface area contributed by atoms with Crippen LogP contribution in [-0.4, -0.2) is 17.9 Å². The van der Waals surface area contributed by atoms with E-state index in [1.54, 1.807) is 12.1 Å². The Morgan fingerprint density at radius 1 is 1.17 bits per heavy atom. The minimum atomic E-state index is -0.655. The Balaban J connectivity index is 1.68. The Hall–Kier alpha value is -2.69. The molecule has 3 rings (SSSR count). The van der Waals surface area contributed by atoms with Gasteiger partial charge in [-0.1, -0.05) is 30.3 Å². The zero-order valence-electron chi connectivity index (χ0n) is 12.8. The lowest BCUT2D eigenvalue weighted by molar-refractivity contribution is -0.137. The molecule has 0 saturated heterocycles. The summed E-state index contributed by atoms with van der Waals surface area (Å²) < 4.78 is 12.9. The molecule has 0 spiro atoms. The molecule has 0 fully saturated rings. The SMILES string of the molecule is CC1Cc2ccccc2N1C(=O)C(=O)NCc1ccc(F)cc1. The molecule has 1 aliphatic heterocycles. The first-order valence-electron chi connectivity index (χ1n) is 7.50. The molecule has 0 radical (unpaired) electrons. The molecule has 1 unspecified atom stereocenters. The summed E-state index contributed by atoms with van der Waals surface area (Å²) in [6.45, 7) is 2.11. The van der Waals surface area contributed by atoms with Crippen LogP contribution in [0, 0.1) is 5.82 Å². The molecule has 0 saturated carbocycles.